The minimum Gasteiger partial charge on any atom is -0.451 e. The van der Waals surface area contributed by atoms with Crippen molar-refractivity contribution >= 4 is 28.9 Å². The Labute approximate surface area is 189 Å². The second kappa shape index (κ2) is 9.07. The number of anilines is 1. The van der Waals surface area contributed by atoms with Crippen LogP contribution in [0.5, 0.6) is 0 Å². The predicted octanol–water partition coefficient (Wildman–Crippen LogP) is 2.80. The van der Waals surface area contributed by atoms with E-state index in [0.717, 1.165) is 11.1 Å². The highest BCUT2D eigenvalue weighted by Crippen LogP contribution is 2.29. The number of hydrogen-bond acceptors (Lipinski definition) is 7. The van der Waals surface area contributed by atoms with Gasteiger partial charge in [0.2, 0.25) is 5.95 Å². The third-order valence-corrected chi connectivity index (χ3v) is 5.23. The fraction of sp³-hybridized carbons (Fsp3) is 0.208. The third kappa shape index (κ3) is 4.38. The van der Waals surface area contributed by atoms with Crippen molar-refractivity contribution in [2.24, 2.45) is 5.92 Å². The van der Waals surface area contributed by atoms with E-state index in [2.05, 4.69) is 15.0 Å². The van der Waals surface area contributed by atoms with Crippen molar-refractivity contribution in [3.63, 3.8) is 0 Å². The van der Waals surface area contributed by atoms with Crippen LogP contribution in [-0.2, 0) is 14.3 Å². The highest BCUT2D eigenvalue weighted by atomic mass is 16.5. The van der Waals surface area contributed by atoms with E-state index >= 15 is 0 Å². The van der Waals surface area contributed by atoms with Crippen molar-refractivity contribution in [3.8, 4) is 0 Å². The van der Waals surface area contributed by atoms with E-state index in [9.17, 15) is 14.4 Å². The second-order valence-electron chi connectivity index (χ2n) is 7.87. The van der Waals surface area contributed by atoms with Crippen molar-refractivity contribution in [3.05, 3.63) is 88.5 Å². The van der Waals surface area contributed by atoms with E-state index < -0.39 is 35.4 Å². The van der Waals surface area contributed by atoms with E-state index in [-0.39, 0.29) is 17.1 Å². The summed E-state index contributed by atoms with van der Waals surface area (Å²) in [6, 6.07) is 17.1. The molecule has 168 valence electrons. The van der Waals surface area contributed by atoms with E-state index in [1.807, 2.05) is 60.7 Å². The van der Waals surface area contributed by atoms with Crippen LogP contribution in [-0.4, -0.2) is 31.3 Å². The minimum atomic E-state index is -1.39. The molecular formula is C24H23N5O4. The Balaban J connectivity index is 1.79. The zero-order chi connectivity index (χ0) is 23.5. The lowest BCUT2D eigenvalue weighted by atomic mass is 9.99. The number of benzene rings is 2. The number of H-pyrrole nitrogens is 1. The lowest BCUT2D eigenvalue weighted by molar-refractivity contribution is -0.155. The molecule has 1 unspecified atom stereocenters. The lowest BCUT2D eigenvalue weighted by Crippen LogP contribution is -2.33. The summed E-state index contributed by atoms with van der Waals surface area (Å²) in [7, 11) is 0. The van der Waals surface area contributed by atoms with E-state index in [4.69, 9.17) is 10.5 Å². The summed E-state index contributed by atoms with van der Waals surface area (Å²) in [5.74, 6) is -1.83. The number of fused-ring (bicyclic) bond motifs is 1. The molecule has 2 aromatic heterocycles. The van der Waals surface area contributed by atoms with Crippen LogP contribution in [0.3, 0.4) is 0 Å². The Morgan fingerprint density at radius 2 is 1.58 bits per heavy atom. The van der Waals surface area contributed by atoms with Gasteiger partial charge in [-0.15, -0.1) is 0 Å². The number of hydrogen-bond donors (Lipinski definition) is 2. The number of aromatic nitrogens is 4. The fourth-order valence-corrected chi connectivity index (χ4v) is 3.58. The number of nitrogen functional groups attached to an aromatic ring is 1. The minimum absolute atomic E-state index is 0.0266. The SMILES string of the molecule is CC(C)C(=O)C(C(=O)OC(c1ccccc1)c1ccccc1)n1cnc2c(=O)[nH]c(N)nc21. The zero-order valence-electron chi connectivity index (χ0n) is 18.1. The summed E-state index contributed by atoms with van der Waals surface area (Å²) in [6.07, 6.45) is 0.497. The zero-order valence-corrected chi connectivity index (χ0v) is 18.1. The van der Waals surface area contributed by atoms with E-state index in [1.54, 1.807) is 13.8 Å². The first-order chi connectivity index (χ1) is 15.9. The standard InChI is InChI=1S/C24H23N5O4/c1-14(2)19(30)18(29-13-26-17-21(29)27-24(25)28-22(17)31)23(32)33-20(15-9-5-3-6-10-15)16-11-7-4-8-12-16/h3-14,18,20H,1-2H3,(H3,25,27,28,31). The van der Waals surface area contributed by atoms with Crippen LogP contribution < -0.4 is 11.3 Å². The number of ether oxygens (including phenoxy) is 1. The number of nitrogens with one attached hydrogen (secondary N) is 1. The maximum atomic E-state index is 13.5. The average molecular weight is 445 g/mol. The van der Waals surface area contributed by atoms with Gasteiger partial charge in [0, 0.05) is 5.92 Å². The van der Waals surface area contributed by atoms with Crippen LogP contribution in [0, 0.1) is 5.92 Å². The third-order valence-electron chi connectivity index (χ3n) is 5.23. The van der Waals surface area contributed by atoms with Crippen LogP contribution in [0.4, 0.5) is 5.95 Å². The summed E-state index contributed by atoms with van der Waals surface area (Å²) < 4.78 is 7.18. The molecule has 2 heterocycles. The Morgan fingerprint density at radius 3 is 2.12 bits per heavy atom. The van der Waals surface area contributed by atoms with Crippen LogP contribution in [0.1, 0.15) is 37.1 Å². The number of ketones is 1. The van der Waals surface area contributed by atoms with Crippen molar-refractivity contribution in [2.75, 3.05) is 5.73 Å². The molecule has 0 spiro atoms. The molecule has 0 aliphatic rings. The Morgan fingerprint density at radius 1 is 1.00 bits per heavy atom. The summed E-state index contributed by atoms with van der Waals surface area (Å²) in [4.78, 5) is 49.4. The smallest absolute Gasteiger partial charge is 0.338 e. The van der Waals surface area contributed by atoms with E-state index in [1.165, 1.54) is 10.9 Å². The normalized spacial score (nSPS) is 12.2. The monoisotopic (exact) mass is 445 g/mol. The quantitative estimate of drug-likeness (QED) is 0.330. The van der Waals surface area contributed by atoms with Crippen molar-refractivity contribution in [1.82, 2.24) is 19.5 Å². The molecule has 2 aromatic carbocycles. The van der Waals surface area contributed by atoms with Gasteiger partial charge in [0.05, 0.1) is 6.33 Å². The van der Waals surface area contributed by atoms with Gasteiger partial charge in [0.25, 0.3) is 5.56 Å². The van der Waals surface area contributed by atoms with Crippen molar-refractivity contribution in [1.29, 1.82) is 0 Å². The first-order valence-electron chi connectivity index (χ1n) is 10.4. The van der Waals surface area contributed by atoms with Crippen molar-refractivity contribution in [2.45, 2.75) is 26.0 Å². The molecule has 0 radical (unpaired) electrons. The molecule has 0 saturated heterocycles. The molecule has 1 atom stereocenters. The van der Waals surface area contributed by atoms with Crippen LogP contribution >= 0.6 is 0 Å². The van der Waals surface area contributed by atoms with Gasteiger partial charge < -0.3 is 10.5 Å². The Hall–Kier alpha value is -4.27. The molecule has 0 aliphatic heterocycles. The molecule has 0 aliphatic carbocycles. The molecule has 33 heavy (non-hydrogen) atoms. The van der Waals surface area contributed by atoms with Gasteiger partial charge in [-0.2, -0.15) is 4.98 Å². The Kier molecular flexibility index (Phi) is 6.03. The number of carbonyl (C=O) groups excluding carboxylic acids is 2. The van der Waals surface area contributed by atoms with Crippen LogP contribution in [0.25, 0.3) is 11.2 Å². The topological polar surface area (TPSA) is 133 Å². The molecule has 0 fully saturated rings. The highest BCUT2D eigenvalue weighted by molar-refractivity contribution is 6.03. The first-order valence-corrected chi connectivity index (χ1v) is 10.4. The number of esters is 1. The van der Waals surface area contributed by atoms with Gasteiger partial charge in [-0.1, -0.05) is 74.5 Å². The van der Waals surface area contributed by atoms with Gasteiger partial charge in [0.1, 0.15) is 0 Å². The summed E-state index contributed by atoms with van der Waals surface area (Å²) >= 11 is 0. The van der Waals surface area contributed by atoms with E-state index in [0.29, 0.717) is 0 Å². The second-order valence-corrected chi connectivity index (χ2v) is 7.87. The summed E-state index contributed by atoms with van der Waals surface area (Å²) in [6.45, 7) is 3.37. The molecule has 4 rings (SSSR count). The first kappa shape index (κ1) is 21.9. The average Bonchev–Trinajstić information content (AvgIpc) is 3.22. The number of nitrogens with two attached hydrogens (primary N) is 1. The Bertz CT molecular complexity index is 1310. The van der Waals surface area contributed by atoms with Gasteiger partial charge in [-0.05, 0) is 11.1 Å². The largest absolute Gasteiger partial charge is 0.451 e. The number of nitrogens with zero attached hydrogens (tertiary/aromatic N) is 3. The van der Waals surface area contributed by atoms with Crippen LogP contribution in [0.15, 0.2) is 71.8 Å². The molecule has 9 nitrogen and oxygen atoms in total. The summed E-state index contributed by atoms with van der Waals surface area (Å²) in [5, 5.41) is 0. The van der Waals surface area contributed by atoms with Crippen molar-refractivity contribution < 1.29 is 14.3 Å². The molecule has 9 heteroatoms. The van der Waals surface area contributed by atoms with Gasteiger partial charge in [-0.25, -0.2) is 9.78 Å². The number of Topliss-reactive ketones (excluding diaryl/α,β-unsaturated/α-hetero) is 1. The maximum absolute atomic E-state index is 13.5. The fourth-order valence-electron chi connectivity index (χ4n) is 3.58. The molecule has 0 bridgehead atoms. The number of rotatable bonds is 7. The number of carbonyl (C=O) groups is 2. The van der Waals surface area contributed by atoms with Gasteiger partial charge in [0.15, 0.2) is 29.1 Å². The maximum Gasteiger partial charge on any atom is 0.338 e. The predicted molar refractivity (Wildman–Crippen MR) is 122 cm³/mol. The molecule has 3 N–H and O–H groups in total. The lowest BCUT2D eigenvalue weighted by Gasteiger charge is -2.24. The summed E-state index contributed by atoms with van der Waals surface area (Å²) in [5.41, 5.74) is 6.63. The molecule has 4 aromatic rings. The number of aromatic amines is 1. The molecular weight excluding hydrogens is 422 g/mol. The van der Waals surface area contributed by atoms with Crippen LogP contribution in [0.2, 0.25) is 0 Å². The highest BCUT2D eigenvalue weighted by Gasteiger charge is 2.35. The molecule has 0 amide bonds. The van der Waals surface area contributed by atoms with Gasteiger partial charge >= 0.3 is 5.97 Å². The number of imidazole rings is 1. The molecule has 0 saturated carbocycles. The van der Waals surface area contributed by atoms with Gasteiger partial charge in [-0.3, -0.25) is 19.1 Å².